The third kappa shape index (κ3) is 3.65. The molecule has 1 aromatic rings. The summed E-state index contributed by atoms with van der Waals surface area (Å²) in [6, 6.07) is 3.23. The molecule has 8 heteroatoms. The molecule has 0 fully saturated rings. The van der Waals surface area contributed by atoms with Gasteiger partial charge in [0.15, 0.2) is 0 Å². The Balaban J connectivity index is 2.90. The molecule has 106 valence electrons. The number of ether oxygens (including phenoxy) is 1. The molecular weight excluding hydrogens is 275 g/mol. The zero-order valence-electron chi connectivity index (χ0n) is 10.6. The maximum Gasteiger partial charge on any atom is 0.306 e. The van der Waals surface area contributed by atoms with E-state index >= 15 is 0 Å². The van der Waals surface area contributed by atoms with Crippen LogP contribution in [0.3, 0.4) is 0 Å². The lowest BCUT2D eigenvalue weighted by Gasteiger charge is -2.16. The monoisotopic (exact) mass is 290 g/mol. The summed E-state index contributed by atoms with van der Waals surface area (Å²) in [6.07, 6.45) is -0.0797. The lowest BCUT2D eigenvalue weighted by molar-refractivity contribution is -0.140. The van der Waals surface area contributed by atoms with Crippen LogP contribution >= 0.6 is 0 Å². The van der Waals surface area contributed by atoms with Gasteiger partial charge >= 0.3 is 5.97 Å². The van der Waals surface area contributed by atoms with Crippen LogP contribution in [0.15, 0.2) is 23.1 Å². The molecule has 0 aliphatic rings. The van der Waals surface area contributed by atoms with Crippen LogP contribution < -0.4 is 5.73 Å². The summed E-state index contributed by atoms with van der Waals surface area (Å²) in [4.78, 5) is 10.7. The van der Waals surface area contributed by atoms with E-state index in [1.54, 1.807) is 0 Å². The van der Waals surface area contributed by atoms with Gasteiger partial charge in [0.1, 0.15) is 5.82 Å². The molecule has 6 nitrogen and oxygen atoms in total. The summed E-state index contributed by atoms with van der Waals surface area (Å²) in [6.45, 7) is -0.0546. The Labute approximate surface area is 111 Å². The first kappa shape index (κ1) is 15.4. The van der Waals surface area contributed by atoms with Crippen molar-refractivity contribution in [3.8, 4) is 0 Å². The Hall–Kier alpha value is -1.67. The first-order valence-corrected chi connectivity index (χ1v) is 6.81. The molecule has 0 saturated heterocycles. The van der Waals surface area contributed by atoms with Crippen molar-refractivity contribution in [1.29, 1.82) is 0 Å². The van der Waals surface area contributed by atoms with E-state index in [2.05, 4.69) is 4.74 Å². The normalized spacial score (nSPS) is 11.6. The highest BCUT2D eigenvalue weighted by Gasteiger charge is 2.22. The van der Waals surface area contributed by atoms with Crippen LogP contribution in [-0.4, -0.2) is 39.4 Å². The number of esters is 1. The number of halogens is 1. The second kappa shape index (κ2) is 5.98. The van der Waals surface area contributed by atoms with Gasteiger partial charge < -0.3 is 10.5 Å². The number of carbonyl (C=O) groups is 1. The topological polar surface area (TPSA) is 89.7 Å². The summed E-state index contributed by atoms with van der Waals surface area (Å²) in [5, 5.41) is 0. The highest BCUT2D eigenvalue weighted by atomic mass is 32.2. The summed E-state index contributed by atoms with van der Waals surface area (Å²) in [5.41, 5.74) is 5.15. The zero-order valence-corrected chi connectivity index (χ0v) is 11.4. The van der Waals surface area contributed by atoms with Gasteiger partial charge in [-0.1, -0.05) is 0 Å². The van der Waals surface area contributed by atoms with Crippen molar-refractivity contribution in [3.05, 3.63) is 24.0 Å². The minimum atomic E-state index is -3.85. The number of hydrogen-bond acceptors (Lipinski definition) is 5. The number of nitrogens with two attached hydrogens (primary N) is 1. The average molecular weight is 290 g/mol. The van der Waals surface area contributed by atoms with Crippen molar-refractivity contribution in [2.24, 2.45) is 0 Å². The van der Waals surface area contributed by atoms with Gasteiger partial charge in [-0.15, -0.1) is 0 Å². The van der Waals surface area contributed by atoms with E-state index in [1.165, 1.54) is 26.3 Å². The van der Waals surface area contributed by atoms with Gasteiger partial charge in [0.2, 0.25) is 10.0 Å². The highest BCUT2D eigenvalue weighted by molar-refractivity contribution is 7.89. The van der Waals surface area contributed by atoms with E-state index in [-0.39, 0.29) is 23.5 Å². The minimum absolute atomic E-state index is 0.0546. The molecule has 0 atom stereocenters. The first-order chi connectivity index (χ1) is 8.78. The van der Waals surface area contributed by atoms with E-state index in [1.807, 2.05) is 0 Å². The van der Waals surface area contributed by atoms with Crippen molar-refractivity contribution in [2.45, 2.75) is 11.3 Å². The predicted molar refractivity (Wildman–Crippen MR) is 67.3 cm³/mol. The quantitative estimate of drug-likeness (QED) is 0.633. The van der Waals surface area contributed by atoms with Gasteiger partial charge in [-0.25, -0.2) is 17.1 Å². The van der Waals surface area contributed by atoms with Crippen LogP contribution in [0.2, 0.25) is 0 Å². The fourth-order valence-corrected chi connectivity index (χ4v) is 2.50. The Morgan fingerprint density at radius 2 is 2.11 bits per heavy atom. The SMILES string of the molecule is COC(=O)CCN(C)S(=O)(=O)c1ccc(N)c(F)c1. The number of methoxy groups -OCH3 is 1. The number of rotatable bonds is 5. The van der Waals surface area contributed by atoms with Crippen molar-refractivity contribution in [3.63, 3.8) is 0 Å². The number of hydrogen-bond donors (Lipinski definition) is 1. The van der Waals surface area contributed by atoms with Gasteiger partial charge in [0.05, 0.1) is 24.1 Å². The molecular formula is C11H15FN2O4S. The van der Waals surface area contributed by atoms with Crippen molar-refractivity contribution >= 4 is 21.7 Å². The van der Waals surface area contributed by atoms with Crippen molar-refractivity contribution < 1.29 is 22.3 Å². The highest BCUT2D eigenvalue weighted by Crippen LogP contribution is 2.19. The van der Waals surface area contributed by atoms with Crippen LogP contribution in [0.4, 0.5) is 10.1 Å². The Kier molecular flexibility index (Phi) is 4.84. The zero-order chi connectivity index (χ0) is 14.6. The third-order valence-corrected chi connectivity index (χ3v) is 4.39. The first-order valence-electron chi connectivity index (χ1n) is 5.37. The number of carbonyl (C=O) groups excluding carboxylic acids is 1. The van der Waals surface area contributed by atoms with E-state index in [4.69, 9.17) is 5.73 Å². The molecule has 1 aromatic carbocycles. The van der Waals surface area contributed by atoms with Gasteiger partial charge in [0.25, 0.3) is 0 Å². The lowest BCUT2D eigenvalue weighted by Crippen LogP contribution is -2.29. The second-order valence-electron chi connectivity index (χ2n) is 3.84. The van der Waals surface area contributed by atoms with E-state index < -0.39 is 21.8 Å². The summed E-state index contributed by atoms with van der Waals surface area (Å²) < 4.78 is 42.8. The molecule has 0 aliphatic heterocycles. The second-order valence-corrected chi connectivity index (χ2v) is 5.88. The van der Waals surface area contributed by atoms with E-state index in [9.17, 15) is 17.6 Å². The summed E-state index contributed by atoms with van der Waals surface area (Å²) >= 11 is 0. The molecule has 0 amide bonds. The van der Waals surface area contributed by atoms with E-state index in [0.29, 0.717) is 0 Å². The van der Waals surface area contributed by atoms with Gasteiger partial charge in [-0.2, -0.15) is 0 Å². The molecule has 0 spiro atoms. The predicted octanol–water partition coefficient (Wildman–Crippen LogP) is 0.591. The Bertz CT molecular complexity index is 574. The molecule has 0 radical (unpaired) electrons. The Morgan fingerprint density at radius 3 is 2.63 bits per heavy atom. The molecule has 0 aliphatic carbocycles. The van der Waals surface area contributed by atoms with Crippen LogP contribution in [0, 0.1) is 5.82 Å². The maximum absolute atomic E-state index is 13.3. The third-order valence-electron chi connectivity index (χ3n) is 2.54. The number of nitrogen functional groups attached to an aromatic ring is 1. The molecule has 0 unspecified atom stereocenters. The lowest BCUT2D eigenvalue weighted by atomic mass is 10.3. The summed E-state index contributed by atoms with van der Waals surface area (Å²) in [7, 11) is -1.34. The molecule has 0 bridgehead atoms. The fraction of sp³-hybridized carbons (Fsp3) is 0.364. The summed E-state index contributed by atoms with van der Waals surface area (Å²) in [5.74, 6) is -1.33. The number of benzene rings is 1. The van der Waals surface area contributed by atoms with Gasteiger partial charge in [-0.3, -0.25) is 4.79 Å². The van der Waals surface area contributed by atoms with Crippen LogP contribution in [0.5, 0.6) is 0 Å². The standard InChI is InChI=1S/C11H15FN2O4S/c1-14(6-5-11(15)18-2)19(16,17)8-3-4-10(13)9(12)7-8/h3-4,7H,5-6,13H2,1-2H3. The Morgan fingerprint density at radius 1 is 1.47 bits per heavy atom. The fourth-order valence-electron chi connectivity index (χ4n) is 1.32. The van der Waals surface area contributed by atoms with Crippen molar-refractivity contribution in [2.75, 3.05) is 26.4 Å². The van der Waals surface area contributed by atoms with Crippen LogP contribution in [0.1, 0.15) is 6.42 Å². The number of anilines is 1. The van der Waals surface area contributed by atoms with E-state index in [0.717, 1.165) is 10.4 Å². The molecule has 2 N–H and O–H groups in total. The molecule has 0 saturated carbocycles. The molecule has 19 heavy (non-hydrogen) atoms. The average Bonchev–Trinajstić information content (AvgIpc) is 2.38. The van der Waals surface area contributed by atoms with Gasteiger partial charge in [-0.05, 0) is 18.2 Å². The minimum Gasteiger partial charge on any atom is -0.469 e. The molecule has 0 aromatic heterocycles. The van der Waals surface area contributed by atoms with Crippen LogP contribution in [-0.2, 0) is 19.6 Å². The van der Waals surface area contributed by atoms with Crippen molar-refractivity contribution in [1.82, 2.24) is 4.31 Å². The largest absolute Gasteiger partial charge is 0.469 e. The molecule has 0 heterocycles. The molecule has 1 rings (SSSR count). The smallest absolute Gasteiger partial charge is 0.306 e. The van der Waals surface area contributed by atoms with Gasteiger partial charge in [0, 0.05) is 13.6 Å². The van der Waals surface area contributed by atoms with Crippen LogP contribution in [0.25, 0.3) is 0 Å². The number of nitrogens with zero attached hydrogens (tertiary/aromatic N) is 1. The maximum atomic E-state index is 13.3. The number of sulfonamides is 1.